The van der Waals surface area contributed by atoms with Crippen LogP contribution in [0.25, 0.3) is 0 Å². The Morgan fingerprint density at radius 2 is 1.77 bits per heavy atom. The fourth-order valence-electron chi connectivity index (χ4n) is 4.94. The number of halogens is 2. The molecule has 2 aliphatic heterocycles. The minimum atomic E-state index is -4.23. The lowest BCUT2D eigenvalue weighted by atomic mass is 9.74. The average Bonchev–Trinajstić information content (AvgIpc) is 3.22. The van der Waals surface area contributed by atoms with Gasteiger partial charge >= 0.3 is 5.97 Å². The summed E-state index contributed by atoms with van der Waals surface area (Å²) < 4.78 is 39.5. The number of fused-ring (bicyclic) bond motifs is 1. The third kappa shape index (κ3) is 4.85. The zero-order valence-electron chi connectivity index (χ0n) is 21.6. The molecule has 3 aromatic carbocycles. The predicted octanol–water partition coefficient (Wildman–Crippen LogP) is 4.92. The van der Waals surface area contributed by atoms with Gasteiger partial charge in [0.1, 0.15) is 23.8 Å². The second kappa shape index (κ2) is 10.9. The van der Waals surface area contributed by atoms with Crippen molar-refractivity contribution in [3.63, 3.8) is 0 Å². The van der Waals surface area contributed by atoms with Crippen molar-refractivity contribution in [1.29, 1.82) is 0 Å². The highest BCUT2D eigenvalue weighted by Gasteiger charge is 2.62. The van der Waals surface area contributed by atoms with Gasteiger partial charge in [-0.15, -0.1) is 0 Å². The largest absolute Gasteiger partial charge is 0.489 e. The van der Waals surface area contributed by atoms with Crippen molar-refractivity contribution < 1.29 is 27.5 Å². The number of hydrogen-bond acceptors (Lipinski definition) is 7. The fraction of sp³-hybridized carbons (Fsp3) is 0.250. The summed E-state index contributed by atoms with van der Waals surface area (Å²) in [6.07, 6.45) is 0.168. The van der Waals surface area contributed by atoms with Gasteiger partial charge in [0.15, 0.2) is 0 Å². The Kier molecular flexibility index (Phi) is 7.62. The summed E-state index contributed by atoms with van der Waals surface area (Å²) in [4.78, 5) is 26.8. The highest BCUT2D eigenvalue weighted by Crippen LogP contribution is 2.44. The number of esters is 1. The van der Waals surface area contributed by atoms with Gasteiger partial charge in [0.25, 0.3) is 5.91 Å². The van der Waals surface area contributed by atoms with Crippen molar-refractivity contribution in [3.05, 3.63) is 88.4 Å². The molecule has 1 amide bonds. The second-order valence-corrected chi connectivity index (χ2v) is 12.2. The van der Waals surface area contributed by atoms with E-state index in [9.17, 15) is 18.0 Å². The summed E-state index contributed by atoms with van der Waals surface area (Å²) in [6, 6.07) is 18.2. The van der Waals surface area contributed by atoms with E-state index in [1.54, 1.807) is 55.5 Å². The standard InChI is InChI=1S/C28H25Cl2N3O6S/c1-28-24(31-33(27(28)35)20-6-4-3-5-7-20)14-15-32(25(28)26(34)38-2)40(36,37)22-12-10-21(11-13-22)39-17-18-8-9-19(29)16-23(18)30/h3-13,16,25H,14-15,17H2,1-2H3/t25-,28?/m0/s1. The normalized spacial score (nSPS) is 21.1. The molecule has 0 radical (unpaired) electrons. The maximum atomic E-state index is 13.9. The molecule has 0 bridgehead atoms. The Bertz CT molecular complexity index is 1600. The number of para-hydroxylation sites is 1. The molecule has 1 fully saturated rings. The van der Waals surface area contributed by atoms with E-state index in [1.165, 1.54) is 29.3 Å². The number of methoxy groups -OCH3 is 1. The lowest BCUT2D eigenvalue weighted by Gasteiger charge is -2.42. The van der Waals surface area contributed by atoms with Crippen LogP contribution >= 0.6 is 23.2 Å². The van der Waals surface area contributed by atoms with Gasteiger partial charge in [0.2, 0.25) is 10.0 Å². The maximum Gasteiger partial charge on any atom is 0.325 e. The van der Waals surface area contributed by atoms with Crippen molar-refractivity contribution in [3.8, 4) is 5.75 Å². The zero-order valence-corrected chi connectivity index (χ0v) is 23.9. The van der Waals surface area contributed by atoms with Crippen LogP contribution < -0.4 is 9.75 Å². The number of sulfonamides is 1. The van der Waals surface area contributed by atoms with Crippen molar-refractivity contribution in [2.24, 2.45) is 10.5 Å². The van der Waals surface area contributed by atoms with E-state index in [0.717, 1.165) is 11.4 Å². The van der Waals surface area contributed by atoms with E-state index in [0.29, 0.717) is 32.8 Å². The molecule has 2 heterocycles. The number of hydrogen-bond donors (Lipinski definition) is 0. The number of benzene rings is 3. The third-order valence-corrected chi connectivity index (χ3v) is 9.59. The summed E-state index contributed by atoms with van der Waals surface area (Å²) in [5.74, 6) is -0.936. The topological polar surface area (TPSA) is 106 Å². The smallest absolute Gasteiger partial charge is 0.325 e. The molecule has 208 valence electrons. The molecule has 0 saturated carbocycles. The van der Waals surface area contributed by atoms with Gasteiger partial charge in [-0.1, -0.05) is 47.5 Å². The van der Waals surface area contributed by atoms with Gasteiger partial charge < -0.3 is 9.47 Å². The van der Waals surface area contributed by atoms with E-state index in [2.05, 4.69) is 5.10 Å². The Morgan fingerprint density at radius 1 is 1.07 bits per heavy atom. The van der Waals surface area contributed by atoms with Crippen molar-refractivity contribution >= 4 is 56.5 Å². The third-order valence-electron chi connectivity index (χ3n) is 7.13. The monoisotopic (exact) mass is 601 g/mol. The number of ether oxygens (including phenoxy) is 2. The van der Waals surface area contributed by atoms with Crippen LogP contribution in [-0.2, 0) is 31.0 Å². The van der Waals surface area contributed by atoms with Crippen molar-refractivity contribution in [2.45, 2.75) is 30.9 Å². The molecule has 0 aromatic heterocycles. The fourth-order valence-corrected chi connectivity index (χ4v) is 7.06. The Balaban J connectivity index is 1.41. The Morgan fingerprint density at radius 3 is 2.42 bits per heavy atom. The first-order valence-electron chi connectivity index (χ1n) is 12.3. The summed E-state index contributed by atoms with van der Waals surface area (Å²) in [6.45, 7) is 1.64. The van der Waals surface area contributed by atoms with Gasteiger partial charge in [0, 0.05) is 28.6 Å². The predicted molar refractivity (Wildman–Crippen MR) is 151 cm³/mol. The highest BCUT2D eigenvalue weighted by molar-refractivity contribution is 7.89. The summed E-state index contributed by atoms with van der Waals surface area (Å²) >= 11 is 12.1. The van der Waals surface area contributed by atoms with Crippen LogP contribution in [0.4, 0.5) is 5.69 Å². The van der Waals surface area contributed by atoms with E-state index in [-0.39, 0.29) is 24.5 Å². The molecule has 2 aliphatic rings. The molecule has 5 rings (SSSR count). The van der Waals surface area contributed by atoms with Crippen LogP contribution in [0.15, 0.2) is 82.8 Å². The van der Waals surface area contributed by atoms with Crippen molar-refractivity contribution in [1.82, 2.24) is 4.31 Å². The highest BCUT2D eigenvalue weighted by atomic mass is 35.5. The molecular formula is C28H25Cl2N3O6S. The van der Waals surface area contributed by atoms with Crippen molar-refractivity contribution in [2.75, 3.05) is 18.7 Å². The van der Waals surface area contributed by atoms with E-state index in [1.807, 2.05) is 0 Å². The molecule has 1 unspecified atom stereocenters. The molecule has 0 spiro atoms. The molecule has 1 saturated heterocycles. The summed E-state index contributed by atoms with van der Waals surface area (Å²) in [7, 11) is -3.07. The molecular weight excluding hydrogens is 577 g/mol. The molecule has 0 aliphatic carbocycles. The number of carbonyl (C=O) groups is 2. The maximum absolute atomic E-state index is 13.9. The van der Waals surface area contributed by atoms with Crippen LogP contribution in [-0.4, -0.2) is 50.0 Å². The SMILES string of the molecule is COC(=O)[C@@H]1N(S(=O)(=O)c2ccc(OCc3ccc(Cl)cc3Cl)cc2)CCC2=NN(c3ccccc3)C(=O)C21C. The number of carbonyl (C=O) groups excluding carboxylic acids is 2. The number of nitrogens with zero attached hydrogens (tertiary/aromatic N) is 3. The van der Waals surface area contributed by atoms with Crippen LogP contribution in [0.3, 0.4) is 0 Å². The van der Waals surface area contributed by atoms with Gasteiger partial charge in [-0.25, -0.2) is 8.42 Å². The lowest BCUT2D eigenvalue weighted by molar-refractivity contribution is -0.151. The number of hydrazone groups is 1. The molecule has 9 nitrogen and oxygen atoms in total. The quantitative estimate of drug-likeness (QED) is 0.356. The minimum Gasteiger partial charge on any atom is -0.489 e. The van der Waals surface area contributed by atoms with Crippen LogP contribution in [0.2, 0.25) is 10.0 Å². The van der Waals surface area contributed by atoms with Crippen LogP contribution in [0, 0.1) is 5.41 Å². The van der Waals surface area contributed by atoms with E-state index in [4.69, 9.17) is 32.7 Å². The first kappa shape index (κ1) is 28.1. The molecule has 12 heteroatoms. The van der Waals surface area contributed by atoms with Crippen LogP contribution in [0.1, 0.15) is 18.9 Å². The van der Waals surface area contributed by atoms with Gasteiger partial charge in [-0.3, -0.25) is 9.59 Å². The summed E-state index contributed by atoms with van der Waals surface area (Å²) in [5, 5.41) is 6.68. The molecule has 0 N–H and O–H groups in total. The van der Waals surface area contributed by atoms with Gasteiger partial charge in [-0.2, -0.15) is 14.4 Å². The van der Waals surface area contributed by atoms with E-state index < -0.39 is 33.4 Å². The number of rotatable bonds is 7. The lowest BCUT2D eigenvalue weighted by Crippen LogP contribution is -2.63. The Hall–Kier alpha value is -3.44. The summed E-state index contributed by atoms with van der Waals surface area (Å²) in [5.41, 5.74) is 0.111. The first-order chi connectivity index (χ1) is 19.1. The minimum absolute atomic E-state index is 0.0558. The first-order valence-corrected chi connectivity index (χ1v) is 14.5. The molecule has 2 atom stereocenters. The average molecular weight is 602 g/mol. The zero-order chi connectivity index (χ0) is 28.7. The van der Waals surface area contributed by atoms with Gasteiger partial charge in [0.05, 0.1) is 23.4 Å². The number of piperidine rings is 1. The number of amides is 1. The van der Waals surface area contributed by atoms with Gasteiger partial charge in [-0.05, 0) is 55.5 Å². The van der Waals surface area contributed by atoms with Crippen LogP contribution in [0.5, 0.6) is 5.75 Å². The van der Waals surface area contributed by atoms with E-state index >= 15 is 0 Å². The number of anilines is 1. The molecule has 40 heavy (non-hydrogen) atoms. The Labute approximate surface area is 241 Å². The molecule has 3 aromatic rings. The second-order valence-electron chi connectivity index (χ2n) is 9.49.